The predicted octanol–water partition coefficient (Wildman–Crippen LogP) is 2.33. The van der Waals surface area contributed by atoms with E-state index in [4.69, 9.17) is 0 Å². The fourth-order valence-corrected chi connectivity index (χ4v) is 4.15. The number of rotatable bonds is 5. The normalized spacial score (nSPS) is 15.5. The van der Waals surface area contributed by atoms with Gasteiger partial charge in [0.2, 0.25) is 0 Å². The molecule has 0 unspecified atom stereocenters. The number of hydrogen-bond donors (Lipinski definition) is 1. The van der Waals surface area contributed by atoms with Gasteiger partial charge in [0, 0.05) is 25.7 Å². The van der Waals surface area contributed by atoms with E-state index < -0.39 is 15.9 Å². The standard InChI is InChI=1S/C20H20N6O3S/c1-25-13-5-8-19(25)24-30(28,29)17-11-9-15(10-12-17)22-20(27)18-14-21-26(23-18)16-6-3-2-4-7-16/h2-4,6-7,9-12,14H,5,8,13H2,1H3,(H,22,27)/b24-19+. The Bertz CT molecular complexity index is 1190. The molecule has 1 amide bonds. The number of hydrogen-bond acceptors (Lipinski definition) is 5. The van der Waals surface area contributed by atoms with Crippen LogP contribution in [0.3, 0.4) is 0 Å². The molecule has 30 heavy (non-hydrogen) atoms. The van der Waals surface area contributed by atoms with Gasteiger partial charge in [-0.05, 0) is 42.8 Å². The number of para-hydroxylation sites is 1. The summed E-state index contributed by atoms with van der Waals surface area (Å²) in [4.78, 5) is 15.7. The SMILES string of the molecule is CN1CCC/C1=N\S(=O)(=O)c1ccc(NC(=O)c2cnn(-c3ccccc3)n2)cc1. The third-order valence-corrected chi connectivity index (χ3v) is 6.00. The monoisotopic (exact) mass is 424 g/mol. The topological polar surface area (TPSA) is 110 Å². The molecule has 10 heteroatoms. The molecule has 0 saturated carbocycles. The van der Waals surface area contributed by atoms with Gasteiger partial charge in [-0.25, -0.2) is 0 Å². The van der Waals surface area contributed by atoms with Crippen molar-refractivity contribution in [2.75, 3.05) is 18.9 Å². The van der Waals surface area contributed by atoms with Gasteiger partial charge in [-0.1, -0.05) is 18.2 Å². The second kappa shape index (κ2) is 8.07. The van der Waals surface area contributed by atoms with Crippen LogP contribution in [-0.4, -0.2) is 53.6 Å². The van der Waals surface area contributed by atoms with Gasteiger partial charge in [-0.2, -0.15) is 18.3 Å². The number of carbonyl (C=O) groups excluding carboxylic acids is 1. The molecule has 1 aliphatic heterocycles. The molecule has 0 aliphatic carbocycles. The van der Waals surface area contributed by atoms with E-state index in [9.17, 15) is 13.2 Å². The molecule has 1 aromatic heterocycles. The Morgan fingerprint density at radius 3 is 2.50 bits per heavy atom. The first kappa shape index (κ1) is 19.8. The minimum absolute atomic E-state index is 0.0725. The number of amides is 1. The third kappa shape index (κ3) is 4.23. The number of benzene rings is 2. The highest BCUT2D eigenvalue weighted by molar-refractivity contribution is 7.90. The van der Waals surface area contributed by atoms with Gasteiger partial charge >= 0.3 is 0 Å². The van der Waals surface area contributed by atoms with Crippen molar-refractivity contribution in [3.05, 3.63) is 66.5 Å². The number of likely N-dealkylation sites (tertiary alicyclic amines) is 1. The van der Waals surface area contributed by atoms with Crippen LogP contribution in [0, 0.1) is 0 Å². The van der Waals surface area contributed by atoms with Gasteiger partial charge in [-0.3, -0.25) is 4.79 Å². The van der Waals surface area contributed by atoms with Crippen LogP contribution in [0.4, 0.5) is 5.69 Å². The van der Waals surface area contributed by atoms with Crippen LogP contribution in [0.15, 0.2) is 70.1 Å². The summed E-state index contributed by atoms with van der Waals surface area (Å²) in [5.74, 6) is 0.120. The van der Waals surface area contributed by atoms with Crippen molar-refractivity contribution in [1.29, 1.82) is 0 Å². The Kier molecular flexibility index (Phi) is 5.32. The van der Waals surface area contributed by atoms with Crippen molar-refractivity contribution in [2.24, 2.45) is 4.40 Å². The number of nitrogens with one attached hydrogen (secondary N) is 1. The molecule has 1 aliphatic rings. The summed E-state index contributed by atoms with van der Waals surface area (Å²) in [6, 6.07) is 15.1. The van der Waals surface area contributed by atoms with Gasteiger partial charge in [0.1, 0.15) is 5.84 Å². The molecule has 3 aromatic rings. The van der Waals surface area contributed by atoms with Crippen LogP contribution in [0.1, 0.15) is 23.3 Å². The lowest BCUT2D eigenvalue weighted by atomic mass is 10.3. The van der Waals surface area contributed by atoms with Gasteiger partial charge in [0.25, 0.3) is 15.9 Å². The molecular weight excluding hydrogens is 404 g/mol. The van der Waals surface area contributed by atoms with Crippen molar-refractivity contribution in [2.45, 2.75) is 17.7 Å². The molecule has 0 spiro atoms. The van der Waals surface area contributed by atoms with Gasteiger partial charge in [-0.15, -0.1) is 9.50 Å². The lowest BCUT2D eigenvalue weighted by Gasteiger charge is -2.11. The van der Waals surface area contributed by atoms with E-state index in [1.165, 1.54) is 35.3 Å². The van der Waals surface area contributed by atoms with Crippen LogP contribution in [0.25, 0.3) is 5.69 Å². The fraction of sp³-hybridized carbons (Fsp3) is 0.200. The molecule has 154 valence electrons. The van der Waals surface area contributed by atoms with Gasteiger partial charge in [0.15, 0.2) is 5.69 Å². The lowest BCUT2D eigenvalue weighted by Crippen LogP contribution is -2.20. The maximum Gasteiger partial charge on any atom is 0.283 e. The number of amidine groups is 1. The summed E-state index contributed by atoms with van der Waals surface area (Å²) in [6.45, 7) is 0.800. The molecule has 9 nitrogen and oxygen atoms in total. The largest absolute Gasteiger partial charge is 0.362 e. The smallest absolute Gasteiger partial charge is 0.283 e. The zero-order valence-electron chi connectivity index (χ0n) is 16.3. The number of anilines is 1. The second-order valence-corrected chi connectivity index (χ2v) is 8.45. The van der Waals surface area contributed by atoms with Crippen molar-refractivity contribution >= 4 is 27.5 Å². The number of sulfonamides is 1. The van der Waals surface area contributed by atoms with E-state index >= 15 is 0 Å². The summed E-state index contributed by atoms with van der Waals surface area (Å²) >= 11 is 0. The van der Waals surface area contributed by atoms with E-state index in [1.54, 1.807) is 0 Å². The lowest BCUT2D eigenvalue weighted by molar-refractivity contribution is 0.102. The predicted molar refractivity (Wildman–Crippen MR) is 112 cm³/mol. The number of nitrogens with zero attached hydrogens (tertiary/aromatic N) is 5. The maximum absolute atomic E-state index is 12.5. The molecule has 1 fully saturated rings. The summed E-state index contributed by atoms with van der Waals surface area (Å²) in [6.07, 6.45) is 2.91. The molecule has 2 heterocycles. The van der Waals surface area contributed by atoms with Crippen LogP contribution in [0.2, 0.25) is 0 Å². The first-order valence-electron chi connectivity index (χ1n) is 9.36. The third-order valence-electron chi connectivity index (χ3n) is 4.68. The van der Waals surface area contributed by atoms with Crippen molar-refractivity contribution in [1.82, 2.24) is 19.9 Å². The summed E-state index contributed by atoms with van der Waals surface area (Å²) < 4.78 is 28.9. The molecule has 0 atom stereocenters. The van der Waals surface area contributed by atoms with E-state index in [1.807, 2.05) is 42.3 Å². The Balaban J connectivity index is 1.46. The van der Waals surface area contributed by atoms with Crippen molar-refractivity contribution in [3.8, 4) is 5.69 Å². The number of carbonyl (C=O) groups is 1. The Morgan fingerprint density at radius 1 is 1.10 bits per heavy atom. The molecular formula is C20H20N6O3S. The maximum atomic E-state index is 12.5. The first-order chi connectivity index (χ1) is 14.4. The van der Waals surface area contributed by atoms with E-state index in [0.29, 0.717) is 17.9 Å². The minimum atomic E-state index is -3.79. The summed E-state index contributed by atoms with van der Waals surface area (Å²) in [5, 5.41) is 11.0. The zero-order chi connectivity index (χ0) is 21.1. The quantitative estimate of drug-likeness (QED) is 0.673. The van der Waals surface area contributed by atoms with Gasteiger partial charge < -0.3 is 10.2 Å². The summed E-state index contributed by atoms with van der Waals surface area (Å²) in [5.41, 5.74) is 1.32. The highest BCUT2D eigenvalue weighted by Gasteiger charge is 2.20. The van der Waals surface area contributed by atoms with Crippen LogP contribution >= 0.6 is 0 Å². The molecule has 0 bridgehead atoms. The average molecular weight is 424 g/mol. The minimum Gasteiger partial charge on any atom is -0.362 e. The van der Waals surface area contributed by atoms with E-state index in [0.717, 1.165) is 18.7 Å². The van der Waals surface area contributed by atoms with Gasteiger partial charge in [0.05, 0.1) is 16.8 Å². The Hall–Kier alpha value is -3.53. The van der Waals surface area contributed by atoms with E-state index in [-0.39, 0.29) is 10.6 Å². The zero-order valence-corrected chi connectivity index (χ0v) is 17.1. The summed E-state index contributed by atoms with van der Waals surface area (Å²) in [7, 11) is -1.97. The van der Waals surface area contributed by atoms with E-state index in [2.05, 4.69) is 19.9 Å². The Morgan fingerprint density at radius 2 is 1.83 bits per heavy atom. The van der Waals surface area contributed by atoms with Crippen LogP contribution < -0.4 is 5.32 Å². The molecule has 4 rings (SSSR count). The number of aromatic nitrogens is 3. The molecule has 0 radical (unpaired) electrons. The highest BCUT2D eigenvalue weighted by Crippen LogP contribution is 2.19. The average Bonchev–Trinajstić information content (AvgIpc) is 3.39. The second-order valence-electron chi connectivity index (χ2n) is 6.84. The van der Waals surface area contributed by atoms with Crippen molar-refractivity contribution < 1.29 is 13.2 Å². The molecule has 1 N–H and O–H groups in total. The fourth-order valence-electron chi connectivity index (χ4n) is 3.06. The molecule has 2 aromatic carbocycles. The van der Waals surface area contributed by atoms with Crippen molar-refractivity contribution in [3.63, 3.8) is 0 Å². The van der Waals surface area contributed by atoms with Crippen LogP contribution in [-0.2, 0) is 10.0 Å². The highest BCUT2D eigenvalue weighted by atomic mass is 32.2. The first-order valence-corrected chi connectivity index (χ1v) is 10.8. The van der Waals surface area contributed by atoms with Crippen LogP contribution in [0.5, 0.6) is 0 Å². The molecule has 1 saturated heterocycles. The Labute approximate surface area is 174 Å².